The Kier molecular flexibility index (Phi) is 7.90. The van der Waals surface area contributed by atoms with Gasteiger partial charge in [0.1, 0.15) is 0 Å². The maximum Gasteiger partial charge on any atom is 0.273 e. The summed E-state index contributed by atoms with van der Waals surface area (Å²) in [5.74, 6) is -2.73. The summed E-state index contributed by atoms with van der Waals surface area (Å²) in [5, 5.41) is 1.97. The van der Waals surface area contributed by atoms with Crippen molar-refractivity contribution in [1.29, 1.82) is 0 Å². The second-order valence-electron chi connectivity index (χ2n) is 6.49. The summed E-state index contributed by atoms with van der Waals surface area (Å²) < 4.78 is 28.9. The SMILES string of the molecule is CCCCCCCCCCC(F)(F)c1cccc(-c2cccs2)c1. The summed E-state index contributed by atoms with van der Waals surface area (Å²) in [5.41, 5.74) is 1.04. The van der Waals surface area contributed by atoms with Crippen LogP contribution in [0.1, 0.15) is 70.3 Å². The molecule has 0 atom stereocenters. The predicted octanol–water partition coefficient (Wildman–Crippen LogP) is 8.04. The van der Waals surface area contributed by atoms with Crippen molar-refractivity contribution in [1.82, 2.24) is 0 Å². The molecule has 2 aromatic rings. The number of rotatable bonds is 11. The van der Waals surface area contributed by atoms with Crippen LogP contribution in [0.4, 0.5) is 8.78 Å². The highest BCUT2D eigenvalue weighted by atomic mass is 32.1. The van der Waals surface area contributed by atoms with Gasteiger partial charge >= 0.3 is 0 Å². The van der Waals surface area contributed by atoms with Crippen molar-refractivity contribution in [2.45, 2.75) is 70.6 Å². The first-order valence-corrected chi connectivity index (χ1v) is 10.0. The molecule has 132 valence electrons. The van der Waals surface area contributed by atoms with E-state index in [0.717, 1.165) is 23.3 Å². The van der Waals surface area contributed by atoms with Crippen molar-refractivity contribution in [3.8, 4) is 10.4 Å². The summed E-state index contributed by atoms with van der Waals surface area (Å²) in [6, 6.07) is 10.8. The Bertz CT molecular complexity index is 575. The van der Waals surface area contributed by atoms with E-state index in [-0.39, 0.29) is 12.0 Å². The molecule has 0 amide bonds. The number of thiophene rings is 1. The Hall–Kier alpha value is -1.22. The molecule has 0 unspecified atom stereocenters. The molecule has 0 saturated heterocycles. The summed E-state index contributed by atoms with van der Waals surface area (Å²) in [4.78, 5) is 1.04. The van der Waals surface area contributed by atoms with E-state index in [1.54, 1.807) is 29.5 Å². The summed E-state index contributed by atoms with van der Waals surface area (Å²) >= 11 is 1.58. The van der Waals surface area contributed by atoms with Crippen molar-refractivity contribution in [2.75, 3.05) is 0 Å². The van der Waals surface area contributed by atoms with E-state index in [4.69, 9.17) is 0 Å². The van der Waals surface area contributed by atoms with Crippen LogP contribution in [0.3, 0.4) is 0 Å². The van der Waals surface area contributed by atoms with Gasteiger partial charge in [0.15, 0.2) is 0 Å². The maximum absolute atomic E-state index is 14.5. The highest BCUT2D eigenvalue weighted by Gasteiger charge is 2.30. The predicted molar refractivity (Wildman–Crippen MR) is 101 cm³/mol. The fraction of sp³-hybridized carbons (Fsp3) is 0.524. The van der Waals surface area contributed by atoms with E-state index in [1.807, 2.05) is 23.6 Å². The van der Waals surface area contributed by atoms with Crippen LogP contribution in [-0.4, -0.2) is 0 Å². The molecule has 24 heavy (non-hydrogen) atoms. The topological polar surface area (TPSA) is 0 Å². The Morgan fingerprint density at radius 1 is 0.875 bits per heavy atom. The summed E-state index contributed by atoms with van der Waals surface area (Å²) in [7, 11) is 0. The lowest BCUT2D eigenvalue weighted by atomic mass is 9.99. The first-order chi connectivity index (χ1) is 11.6. The van der Waals surface area contributed by atoms with Crippen molar-refractivity contribution >= 4 is 11.3 Å². The lowest BCUT2D eigenvalue weighted by Crippen LogP contribution is -2.13. The molecule has 1 aromatic carbocycles. The van der Waals surface area contributed by atoms with Gasteiger partial charge in [-0.05, 0) is 29.5 Å². The van der Waals surface area contributed by atoms with Crippen LogP contribution in [-0.2, 0) is 5.92 Å². The van der Waals surface area contributed by atoms with Crippen LogP contribution in [0.15, 0.2) is 41.8 Å². The number of benzene rings is 1. The van der Waals surface area contributed by atoms with Gasteiger partial charge < -0.3 is 0 Å². The van der Waals surface area contributed by atoms with Gasteiger partial charge in [0.2, 0.25) is 0 Å². The first kappa shape index (κ1) is 19.1. The third-order valence-corrected chi connectivity index (χ3v) is 5.35. The minimum absolute atomic E-state index is 0.0458. The second kappa shape index (κ2) is 9.93. The molecule has 0 N–H and O–H groups in total. The van der Waals surface area contributed by atoms with Gasteiger partial charge in [-0.2, -0.15) is 0 Å². The Morgan fingerprint density at radius 2 is 1.58 bits per heavy atom. The van der Waals surface area contributed by atoms with Gasteiger partial charge in [-0.15, -0.1) is 11.3 Å². The third-order valence-electron chi connectivity index (χ3n) is 4.43. The molecule has 2 rings (SSSR count). The van der Waals surface area contributed by atoms with E-state index >= 15 is 0 Å². The summed E-state index contributed by atoms with van der Waals surface area (Å²) in [6.45, 7) is 2.20. The number of unbranched alkanes of at least 4 members (excludes halogenated alkanes) is 7. The molecule has 1 aromatic heterocycles. The van der Waals surface area contributed by atoms with E-state index in [1.165, 1.54) is 32.1 Å². The number of alkyl halides is 2. The molecule has 1 heterocycles. The van der Waals surface area contributed by atoms with Gasteiger partial charge in [-0.1, -0.05) is 76.1 Å². The van der Waals surface area contributed by atoms with Gasteiger partial charge in [-0.3, -0.25) is 0 Å². The Balaban J connectivity index is 1.79. The molecular weight excluding hydrogens is 322 g/mol. The number of hydrogen-bond donors (Lipinski definition) is 0. The fourth-order valence-electron chi connectivity index (χ4n) is 2.97. The van der Waals surface area contributed by atoms with Gasteiger partial charge in [0, 0.05) is 16.9 Å². The average Bonchev–Trinajstić information content (AvgIpc) is 3.12. The van der Waals surface area contributed by atoms with Crippen LogP contribution in [0, 0.1) is 0 Å². The molecule has 0 spiro atoms. The zero-order chi connectivity index (χ0) is 17.3. The van der Waals surface area contributed by atoms with Gasteiger partial charge in [-0.25, -0.2) is 8.78 Å². The maximum atomic E-state index is 14.5. The molecule has 0 nitrogen and oxygen atoms in total. The number of halogens is 2. The van der Waals surface area contributed by atoms with Crippen molar-refractivity contribution in [3.63, 3.8) is 0 Å². The Labute approximate surface area is 148 Å². The highest BCUT2D eigenvalue weighted by Crippen LogP contribution is 2.36. The van der Waals surface area contributed by atoms with E-state index in [9.17, 15) is 8.78 Å². The van der Waals surface area contributed by atoms with E-state index in [0.29, 0.717) is 6.42 Å². The highest BCUT2D eigenvalue weighted by molar-refractivity contribution is 7.13. The van der Waals surface area contributed by atoms with E-state index < -0.39 is 5.92 Å². The van der Waals surface area contributed by atoms with Crippen LogP contribution in [0.5, 0.6) is 0 Å². The minimum Gasteiger partial charge on any atom is -0.201 e. The first-order valence-electron chi connectivity index (χ1n) is 9.16. The standard InChI is InChI=1S/C21H28F2S/c1-2-3-4-5-6-7-8-9-15-21(22,23)19-13-10-12-18(17-19)20-14-11-16-24-20/h10-14,16-17H,2-9,15H2,1H3. The largest absolute Gasteiger partial charge is 0.273 e. The lowest BCUT2D eigenvalue weighted by Gasteiger charge is -2.17. The molecular formula is C21H28F2S. The normalized spacial score (nSPS) is 11.8. The van der Waals surface area contributed by atoms with Crippen molar-refractivity contribution in [2.24, 2.45) is 0 Å². The Morgan fingerprint density at radius 3 is 2.25 bits per heavy atom. The molecule has 0 bridgehead atoms. The fourth-order valence-corrected chi connectivity index (χ4v) is 3.69. The molecule has 0 aliphatic heterocycles. The summed E-state index contributed by atoms with van der Waals surface area (Å²) in [6.07, 6.45) is 8.78. The van der Waals surface area contributed by atoms with E-state index in [2.05, 4.69) is 6.92 Å². The molecule has 0 aliphatic rings. The van der Waals surface area contributed by atoms with Crippen LogP contribution >= 0.6 is 11.3 Å². The van der Waals surface area contributed by atoms with Gasteiger partial charge in [0.05, 0.1) is 0 Å². The monoisotopic (exact) mass is 350 g/mol. The van der Waals surface area contributed by atoms with Crippen molar-refractivity contribution < 1.29 is 8.78 Å². The van der Waals surface area contributed by atoms with Crippen molar-refractivity contribution in [3.05, 3.63) is 47.3 Å². The quantitative estimate of drug-likeness (QED) is 0.360. The molecule has 0 aliphatic carbocycles. The van der Waals surface area contributed by atoms with Crippen LogP contribution in [0.2, 0.25) is 0 Å². The second-order valence-corrected chi connectivity index (χ2v) is 7.44. The molecule has 3 heteroatoms. The van der Waals surface area contributed by atoms with Crippen LogP contribution < -0.4 is 0 Å². The lowest BCUT2D eigenvalue weighted by molar-refractivity contribution is -0.0158. The average molecular weight is 351 g/mol. The zero-order valence-corrected chi connectivity index (χ0v) is 15.4. The molecule has 0 radical (unpaired) electrons. The third kappa shape index (κ3) is 6.01. The smallest absolute Gasteiger partial charge is 0.201 e. The minimum atomic E-state index is -2.73. The van der Waals surface area contributed by atoms with Gasteiger partial charge in [0.25, 0.3) is 5.92 Å². The zero-order valence-electron chi connectivity index (χ0n) is 14.6. The van der Waals surface area contributed by atoms with Crippen LogP contribution in [0.25, 0.3) is 10.4 Å². The molecule has 0 fully saturated rings. The number of hydrogen-bond acceptors (Lipinski definition) is 1. The molecule has 0 saturated carbocycles.